The van der Waals surface area contributed by atoms with E-state index in [1.807, 2.05) is 13.8 Å². The van der Waals surface area contributed by atoms with Crippen molar-refractivity contribution in [2.24, 2.45) is 5.92 Å². The summed E-state index contributed by atoms with van der Waals surface area (Å²) in [4.78, 5) is 10.2. The number of hydrogen-bond donors (Lipinski definition) is 1. The van der Waals surface area contributed by atoms with Gasteiger partial charge in [0.2, 0.25) is 0 Å². The van der Waals surface area contributed by atoms with Crippen molar-refractivity contribution in [1.29, 1.82) is 0 Å². The molecule has 7 heteroatoms. The fourth-order valence-electron chi connectivity index (χ4n) is 2.36. The monoisotopic (exact) mass is 302 g/mol. The molecule has 0 spiro atoms. The first-order chi connectivity index (χ1) is 9.86. The molecule has 118 valence electrons. The summed E-state index contributed by atoms with van der Waals surface area (Å²) in [5.74, 6) is -0.743. The Kier molecular flexibility index (Phi) is 5.03. The van der Waals surface area contributed by atoms with Gasteiger partial charge in [0.05, 0.1) is 24.0 Å². The number of halogens is 3. The van der Waals surface area contributed by atoms with Crippen molar-refractivity contribution in [2.75, 3.05) is 18.0 Å². The predicted molar refractivity (Wildman–Crippen MR) is 75.0 cm³/mol. The molecule has 1 unspecified atom stereocenters. The maximum absolute atomic E-state index is 12.8. The Morgan fingerprint density at radius 3 is 2.67 bits per heavy atom. The minimum atomic E-state index is -4.13. The Morgan fingerprint density at radius 2 is 2.10 bits per heavy atom. The number of piperidine rings is 1. The summed E-state index contributed by atoms with van der Waals surface area (Å²) in [6.07, 6.45) is -0.211. The molecule has 1 N–H and O–H groups in total. The van der Waals surface area contributed by atoms with Crippen LogP contribution in [0.25, 0.3) is 0 Å². The van der Waals surface area contributed by atoms with E-state index in [1.54, 1.807) is 17.3 Å². The van der Waals surface area contributed by atoms with Gasteiger partial charge < -0.3 is 10.2 Å². The van der Waals surface area contributed by atoms with Crippen molar-refractivity contribution in [1.82, 2.24) is 15.3 Å². The summed E-state index contributed by atoms with van der Waals surface area (Å²) >= 11 is 0. The molecule has 0 amide bonds. The van der Waals surface area contributed by atoms with Crippen molar-refractivity contribution in [3.05, 3.63) is 18.1 Å². The highest BCUT2D eigenvalue weighted by Crippen LogP contribution is 2.34. The number of nitrogens with one attached hydrogen (secondary N) is 1. The van der Waals surface area contributed by atoms with Crippen LogP contribution < -0.4 is 10.2 Å². The summed E-state index contributed by atoms with van der Waals surface area (Å²) < 4.78 is 38.4. The number of aromatic nitrogens is 2. The molecule has 1 aliphatic rings. The number of alkyl halides is 3. The van der Waals surface area contributed by atoms with Gasteiger partial charge in [-0.25, -0.2) is 4.98 Å². The molecule has 0 bridgehead atoms. The molecule has 1 atom stereocenters. The first-order valence-electron chi connectivity index (χ1n) is 7.22. The molecule has 0 aliphatic carbocycles. The zero-order chi connectivity index (χ0) is 15.5. The molecule has 0 saturated carbocycles. The summed E-state index contributed by atoms with van der Waals surface area (Å²) in [5.41, 5.74) is 0.789. The molecular weight excluding hydrogens is 281 g/mol. The Hall–Kier alpha value is -1.37. The number of anilines is 1. The molecule has 1 aromatic heterocycles. The third-order valence-electron chi connectivity index (χ3n) is 3.59. The number of rotatable bonds is 4. The lowest BCUT2D eigenvalue weighted by Gasteiger charge is -2.34. The molecule has 21 heavy (non-hydrogen) atoms. The first-order valence-corrected chi connectivity index (χ1v) is 7.22. The molecule has 0 radical (unpaired) electrons. The van der Waals surface area contributed by atoms with Crippen LogP contribution in [0, 0.1) is 5.92 Å². The van der Waals surface area contributed by atoms with Gasteiger partial charge in [-0.1, -0.05) is 13.8 Å². The molecule has 0 aromatic carbocycles. The van der Waals surface area contributed by atoms with Gasteiger partial charge in [-0.05, 0) is 12.8 Å². The summed E-state index contributed by atoms with van der Waals surface area (Å²) in [6.45, 7) is 5.25. The lowest BCUT2D eigenvalue weighted by atomic mass is 9.97. The SMILES string of the molecule is CC(C)NCc1cnc(N2CCCC(C(F)(F)F)C2)cn1. The molecule has 2 heterocycles. The molecule has 1 fully saturated rings. The Morgan fingerprint density at radius 1 is 1.33 bits per heavy atom. The van der Waals surface area contributed by atoms with Gasteiger partial charge in [-0.2, -0.15) is 13.2 Å². The Balaban J connectivity index is 1.98. The smallest absolute Gasteiger partial charge is 0.355 e. The van der Waals surface area contributed by atoms with E-state index in [0.717, 1.165) is 5.69 Å². The second-order valence-electron chi connectivity index (χ2n) is 5.73. The van der Waals surface area contributed by atoms with Crippen LogP contribution in [-0.4, -0.2) is 35.3 Å². The third-order valence-corrected chi connectivity index (χ3v) is 3.59. The molecule has 4 nitrogen and oxygen atoms in total. The predicted octanol–water partition coefficient (Wildman–Crippen LogP) is 2.75. The molecular formula is C14H21F3N4. The first kappa shape index (κ1) is 16.0. The molecule has 1 saturated heterocycles. The van der Waals surface area contributed by atoms with Crippen molar-refractivity contribution in [3.63, 3.8) is 0 Å². The highest BCUT2D eigenvalue weighted by molar-refractivity contribution is 5.36. The minimum absolute atomic E-state index is 0.0260. The highest BCUT2D eigenvalue weighted by atomic mass is 19.4. The average molecular weight is 302 g/mol. The van der Waals surface area contributed by atoms with Crippen molar-refractivity contribution < 1.29 is 13.2 Å². The van der Waals surface area contributed by atoms with Crippen molar-refractivity contribution >= 4 is 5.82 Å². The molecule has 2 rings (SSSR count). The van der Waals surface area contributed by atoms with Gasteiger partial charge >= 0.3 is 6.18 Å². The summed E-state index contributed by atoms with van der Waals surface area (Å²) in [5, 5.41) is 3.22. The van der Waals surface area contributed by atoms with E-state index in [-0.39, 0.29) is 13.0 Å². The van der Waals surface area contributed by atoms with Crippen LogP contribution >= 0.6 is 0 Å². The van der Waals surface area contributed by atoms with Gasteiger partial charge in [0.15, 0.2) is 0 Å². The van der Waals surface area contributed by atoms with E-state index in [0.29, 0.717) is 31.4 Å². The van der Waals surface area contributed by atoms with Gasteiger partial charge in [-0.3, -0.25) is 4.98 Å². The van der Waals surface area contributed by atoms with Crippen LogP contribution in [0.4, 0.5) is 19.0 Å². The van der Waals surface area contributed by atoms with Crippen LogP contribution in [0.2, 0.25) is 0 Å². The van der Waals surface area contributed by atoms with E-state index in [1.165, 1.54) is 0 Å². The van der Waals surface area contributed by atoms with E-state index < -0.39 is 12.1 Å². The maximum atomic E-state index is 12.8. The normalized spacial score (nSPS) is 20.1. The maximum Gasteiger partial charge on any atom is 0.393 e. The summed E-state index contributed by atoms with van der Waals surface area (Å²) in [6, 6.07) is 0.348. The average Bonchev–Trinajstić information content (AvgIpc) is 2.45. The standard InChI is InChI=1S/C14H21F3N4/c1-10(2)18-6-12-7-20-13(8-19-12)21-5-3-4-11(9-21)14(15,16)17/h7-8,10-11,18H,3-6,9H2,1-2H3. The van der Waals surface area contributed by atoms with Crippen LogP contribution in [0.5, 0.6) is 0 Å². The lowest BCUT2D eigenvalue weighted by Crippen LogP contribution is -2.42. The zero-order valence-corrected chi connectivity index (χ0v) is 12.3. The van der Waals surface area contributed by atoms with Crippen LogP contribution in [0.15, 0.2) is 12.4 Å². The largest absolute Gasteiger partial charge is 0.393 e. The van der Waals surface area contributed by atoms with Crippen LogP contribution in [0.1, 0.15) is 32.4 Å². The van der Waals surface area contributed by atoms with E-state index >= 15 is 0 Å². The van der Waals surface area contributed by atoms with Crippen molar-refractivity contribution in [3.8, 4) is 0 Å². The third kappa shape index (κ3) is 4.56. The topological polar surface area (TPSA) is 41.1 Å². The fourth-order valence-corrected chi connectivity index (χ4v) is 2.36. The number of hydrogen-bond acceptors (Lipinski definition) is 4. The van der Waals surface area contributed by atoms with Crippen molar-refractivity contribution in [2.45, 2.75) is 45.5 Å². The van der Waals surface area contributed by atoms with Crippen LogP contribution in [-0.2, 0) is 6.54 Å². The Bertz CT molecular complexity index is 445. The highest BCUT2D eigenvalue weighted by Gasteiger charge is 2.42. The van der Waals surface area contributed by atoms with E-state index in [4.69, 9.17) is 0 Å². The minimum Gasteiger partial charge on any atom is -0.355 e. The van der Waals surface area contributed by atoms with E-state index in [9.17, 15) is 13.2 Å². The second-order valence-corrected chi connectivity index (χ2v) is 5.73. The summed E-state index contributed by atoms with van der Waals surface area (Å²) in [7, 11) is 0. The van der Waals surface area contributed by atoms with E-state index in [2.05, 4.69) is 15.3 Å². The molecule has 1 aliphatic heterocycles. The van der Waals surface area contributed by atoms with Gasteiger partial charge in [0.25, 0.3) is 0 Å². The fraction of sp³-hybridized carbons (Fsp3) is 0.714. The van der Waals surface area contributed by atoms with Gasteiger partial charge in [0.1, 0.15) is 5.82 Å². The second kappa shape index (κ2) is 6.60. The number of nitrogens with zero attached hydrogens (tertiary/aromatic N) is 3. The zero-order valence-electron chi connectivity index (χ0n) is 12.3. The quantitative estimate of drug-likeness (QED) is 0.928. The molecule has 1 aromatic rings. The van der Waals surface area contributed by atoms with Gasteiger partial charge in [-0.15, -0.1) is 0 Å². The lowest BCUT2D eigenvalue weighted by molar-refractivity contribution is -0.176. The Labute approximate surface area is 122 Å². The van der Waals surface area contributed by atoms with Crippen LogP contribution in [0.3, 0.4) is 0 Å². The van der Waals surface area contributed by atoms with Gasteiger partial charge in [0, 0.05) is 25.7 Å².